The lowest BCUT2D eigenvalue weighted by Crippen LogP contribution is -2.52. The smallest absolute Gasteiger partial charge is 0.257 e. The molecule has 1 saturated heterocycles. The average molecular weight is 502 g/mol. The zero-order valence-electron chi connectivity index (χ0n) is 19.4. The van der Waals surface area contributed by atoms with Crippen LogP contribution < -0.4 is 15.6 Å². The molecule has 11 heteroatoms. The fourth-order valence-corrected chi connectivity index (χ4v) is 4.05. The van der Waals surface area contributed by atoms with Crippen molar-refractivity contribution in [1.82, 2.24) is 14.9 Å². The summed E-state index contributed by atoms with van der Waals surface area (Å²) in [6.07, 6.45) is 2.17. The van der Waals surface area contributed by atoms with Gasteiger partial charge in [0.05, 0.1) is 24.8 Å². The van der Waals surface area contributed by atoms with Crippen molar-refractivity contribution in [3.63, 3.8) is 0 Å². The Hall–Kier alpha value is -3.70. The van der Waals surface area contributed by atoms with Gasteiger partial charge < -0.3 is 20.1 Å². The number of amides is 1. The van der Waals surface area contributed by atoms with Crippen LogP contribution in [0.15, 0.2) is 59.7 Å². The third-order valence-corrected chi connectivity index (χ3v) is 6.20. The summed E-state index contributed by atoms with van der Waals surface area (Å²) in [5, 5.41) is 12.0. The zero-order chi connectivity index (χ0) is 25.9. The number of carbonyl (C=O) groups excluding carboxylic acids is 1. The molecule has 3 N–H and O–H groups in total. The summed E-state index contributed by atoms with van der Waals surface area (Å²) < 4.78 is 48.1. The summed E-state index contributed by atoms with van der Waals surface area (Å²) in [6.45, 7) is 0.946. The van der Waals surface area contributed by atoms with Gasteiger partial charge in [-0.05, 0) is 55.0 Å². The number of aromatic amines is 1. The number of hydrogen-bond donors (Lipinski definition) is 3. The van der Waals surface area contributed by atoms with E-state index in [1.165, 1.54) is 48.8 Å². The normalized spacial score (nSPS) is 18.4. The molecule has 0 saturated carbocycles. The van der Waals surface area contributed by atoms with Gasteiger partial charge in [-0.25, -0.2) is 18.2 Å². The molecule has 0 radical (unpaired) electrons. The number of H-pyrrole nitrogens is 1. The number of pyridine rings is 2. The van der Waals surface area contributed by atoms with Gasteiger partial charge in [-0.1, -0.05) is 0 Å². The van der Waals surface area contributed by atoms with E-state index >= 15 is 0 Å². The second-order valence-electron chi connectivity index (χ2n) is 8.60. The van der Waals surface area contributed by atoms with Gasteiger partial charge in [-0.2, -0.15) is 0 Å². The molecular formula is C25H25F3N4O4. The lowest BCUT2D eigenvalue weighted by atomic mass is 9.86. The van der Waals surface area contributed by atoms with Gasteiger partial charge in [0.2, 0.25) is 5.91 Å². The van der Waals surface area contributed by atoms with E-state index in [0.29, 0.717) is 11.5 Å². The highest BCUT2D eigenvalue weighted by Crippen LogP contribution is 2.40. The molecule has 3 heterocycles. The lowest BCUT2D eigenvalue weighted by molar-refractivity contribution is -0.125. The molecule has 1 aliphatic rings. The first kappa shape index (κ1) is 25.4. The van der Waals surface area contributed by atoms with E-state index in [4.69, 9.17) is 4.74 Å². The molecular weight excluding hydrogens is 477 g/mol. The first-order chi connectivity index (χ1) is 17.2. The van der Waals surface area contributed by atoms with Crippen LogP contribution in [0.4, 0.5) is 19.0 Å². The number of nitrogens with one attached hydrogen (secondary N) is 2. The van der Waals surface area contributed by atoms with E-state index in [1.807, 2.05) is 0 Å². The Labute approximate surface area is 204 Å². The molecule has 1 aliphatic heterocycles. The van der Waals surface area contributed by atoms with E-state index in [9.17, 15) is 27.9 Å². The van der Waals surface area contributed by atoms with Gasteiger partial charge in [0.1, 0.15) is 23.1 Å². The number of likely N-dealkylation sites (tertiary alicyclic amines) is 1. The van der Waals surface area contributed by atoms with Crippen LogP contribution >= 0.6 is 0 Å². The maximum Gasteiger partial charge on any atom is 0.257 e. The van der Waals surface area contributed by atoms with Gasteiger partial charge in [0.25, 0.3) is 11.5 Å². The number of halogens is 3. The minimum Gasteiger partial charge on any atom is -0.456 e. The first-order valence-corrected chi connectivity index (χ1v) is 11.3. The quantitative estimate of drug-likeness (QED) is 0.455. The van der Waals surface area contributed by atoms with E-state index in [1.54, 1.807) is 17.9 Å². The van der Waals surface area contributed by atoms with Crippen molar-refractivity contribution in [3.8, 4) is 11.5 Å². The van der Waals surface area contributed by atoms with Crippen LogP contribution in [0.2, 0.25) is 0 Å². The Kier molecular flexibility index (Phi) is 7.41. The molecule has 0 unspecified atom stereocenters. The maximum atomic E-state index is 14.8. The fraction of sp³-hybridized carbons (Fsp3) is 0.320. The van der Waals surface area contributed by atoms with Crippen molar-refractivity contribution in [2.24, 2.45) is 0 Å². The number of hydrogen-bond acceptors (Lipinski definition) is 6. The van der Waals surface area contributed by atoms with Crippen molar-refractivity contribution < 1.29 is 27.8 Å². The van der Waals surface area contributed by atoms with Gasteiger partial charge in [-0.15, -0.1) is 0 Å². The number of aliphatic hydroxyl groups is 1. The van der Waals surface area contributed by atoms with E-state index < -0.39 is 42.4 Å². The second-order valence-corrected chi connectivity index (χ2v) is 8.60. The van der Waals surface area contributed by atoms with Crippen LogP contribution in [0.3, 0.4) is 0 Å². The topological polar surface area (TPSA) is 108 Å². The van der Waals surface area contributed by atoms with Crippen molar-refractivity contribution >= 4 is 11.7 Å². The van der Waals surface area contributed by atoms with Crippen LogP contribution in [-0.2, 0) is 11.4 Å². The molecule has 1 aromatic carbocycles. The Balaban J connectivity index is 1.40. The average Bonchev–Trinajstić information content (AvgIpc) is 2.86. The summed E-state index contributed by atoms with van der Waals surface area (Å²) in [5.41, 5.74) is -0.338. The summed E-state index contributed by atoms with van der Waals surface area (Å²) in [6, 6.07) is 9.15. The molecule has 0 bridgehead atoms. The largest absolute Gasteiger partial charge is 0.456 e. The highest BCUT2D eigenvalue weighted by Gasteiger charge is 2.46. The van der Waals surface area contributed by atoms with Crippen LogP contribution in [0, 0.1) is 5.82 Å². The number of carbonyl (C=O) groups is 1. The number of aliphatic hydroxyl groups excluding tert-OH is 1. The zero-order valence-corrected chi connectivity index (χ0v) is 19.4. The third-order valence-electron chi connectivity index (χ3n) is 6.20. The van der Waals surface area contributed by atoms with Crippen LogP contribution in [0.25, 0.3) is 0 Å². The van der Waals surface area contributed by atoms with Crippen molar-refractivity contribution in [2.45, 2.75) is 37.8 Å². The summed E-state index contributed by atoms with van der Waals surface area (Å²) in [7, 11) is 0. The fourth-order valence-electron chi connectivity index (χ4n) is 4.05. The second kappa shape index (κ2) is 10.5. The number of piperidine rings is 1. The highest BCUT2D eigenvalue weighted by molar-refractivity contribution is 5.93. The van der Waals surface area contributed by atoms with Crippen LogP contribution in [0.1, 0.15) is 30.4 Å². The van der Waals surface area contributed by atoms with Gasteiger partial charge in [0, 0.05) is 31.3 Å². The number of benzene rings is 1. The number of anilines is 1. The number of alkyl halides is 2. The van der Waals surface area contributed by atoms with Gasteiger partial charge in [-0.3, -0.25) is 14.5 Å². The van der Waals surface area contributed by atoms with E-state index in [-0.39, 0.29) is 35.9 Å². The summed E-state index contributed by atoms with van der Waals surface area (Å²) >= 11 is 0. The molecule has 2 atom stereocenters. The Morgan fingerprint density at radius 1 is 1.28 bits per heavy atom. The Bertz CT molecular complexity index is 1270. The molecule has 1 fully saturated rings. The Morgan fingerprint density at radius 3 is 2.67 bits per heavy atom. The predicted molar refractivity (Wildman–Crippen MR) is 126 cm³/mol. The van der Waals surface area contributed by atoms with Crippen LogP contribution in [0.5, 0.6) is 11.5 Å². The van der Waals surface area contributed by atoms with Crippen molar-refractivity contribution in [2.75, 3.05) is 18.4 Å². The molecule has 0 spiro atoms. The van der Waals surface area contributed by atoms with Gasteiger partial charge in [0.15, 0.2) is 0 Å². The third kappa shape index (κ3) is 5.74. The highest BCUT2D eigenvalue weighted by atomic mass is 19.3. The minimum atomic E-state index is -3.04. The van der Waals surface area contributed by atoms with Crippen LogP contribution in [-0.4, -0.2) is 50.9 Å². The number of ether oxygens (including phenoxy) is 1. The molecule has 36 heavy (non-hydrogen) atoms. The first-order valence-electron chi connectivity index (χ1n) is 11.3. The van der Waals surface area contributed by atoms with E-state index in [2.05, 4.69) is 15.3 Å². The monoisotopic (exact) mass is 502 g/mol. The number of rotatable bonds is 7. The number of nitrogens with zero attached hydrogens (tertiary/aromatic N) is 2. The molecule has 1 amide bonds. The standard InChI is InChI=1S/C25H25F3N4O4/c1-15(23(34)31-22-7-6-20(12-29-22)36-19-4-2-18(26)3-5-19)32-9-8-25(27,28)21(13-32)16-10-17(14-33)24(35)30-11-16/h2-7,10-12,15,21,33H,8-9,13-14H2,1H3,(H,30,35)(H,29,31,34)/t15-,21+/m0/s1. The summed E-state index contributed by atoms with van der Waals surface area (Å²) in [5.74, 6) is -4.04. The molecule has 3 aromatic rings. The Morgan fingerprint density at radius 2 is 2.00 bits per heavy atom. The molecule has 0 aliphatic carbocycles. The summed E-state index contributed by atoms with van der Waals surface area (Å²) in [4.78, 5) is 32.7. The maximum absolute atomic E-state index is 14.8. The SMILES string of the molecule is C[C@@H](C(=O)Nc1ccc(Oc2ccc(F)cc2)cn1)N1CCC(F)(F)[C@@H](c2c[nH]c(=O)c(CO)c2)C1. The minimum absolute atomic E-state index is 0.00384. The van der Waals surface area contributed by atoms with Gasteiger partial charge >= 0.3 is 0 Å². The number of aromatic nitrogens is 2. The molecule has 8 nitrogen and oxygen atoms in total. The van der Waals surface area contributed by atoms with Crippen molar-refractivity contribution in [1.29, 1.82) is 0 Å². The molecule has 4 rings (SSSR count). The van der Waals surface area contributed by atoms with Crippen molar-refractivity contribution in [3.05, 3.63) is 82.2 Å². The molecule has 190 valence electrons. The predicted octanol–water partition coefficient (Wildman–Crippen LogP) is 3.65. The van der Waals surface area contributed by atoms with E-state index in [0.717, 1.165) is 0 Å². The molecule has 2 aromatic heterocycles. The lowest BCUT2D eigenvalue weighted by Gasteiger charge is -2.40.